The minimum Gasteiger partial charge on any atom is -0.453 e. The average molecular weight is 333 g/mol. The first-order chi connectivity index (χ1) is 11.0. The van der Waals surface area contributed by atoms with Gasteiger partial charge in [-0.2, -0.15) is 0 Å². The fourth-order valence-corrected chi connectivity index (χ4v) is 3.09. The fraction of sp³-hybridized carbons (Fsp3) is 0.294. The number of hydrogen-bond donors (Lipinski definition) is 2. The molecule has 0 bridgehead atoms. The van der Waals surface area contributed by atoms with Crippen LogP contribution in [0.1, 0.15) is 29.0 Å². The number of hydrogen-bond acceptors (Lipinski definition) is 4. The van der Waals surface area contributed by atoms with Crippen molar-refractivity contribution in [1.82, 2.24) is 5.32 Å². The van der Waals surface area contributed by atoms with Gasteiger partial charge in [-0.3, -0.25) is 10.1 Å². The van der Waals surface area contributed by atoms with E-state index in [1.807, 2.05) is 23.7 Å². The lowest BCUT2D eigenvalue weighted by atomic mass is 10.0. The molecule has 3 N–H and O–H groups in total. The second kappa shape index (κ2) is 7.89. The van der Waals surface area contributed by atoms with Crippen LogP contribution in [-0.4, -0.2) is 25.2 Å². The molecule has 2 aromatic rings. The van der Waals surface area contributed by atoms with E-state index in [1.165, 1.54) is 12.7 Å². The van der Waals surface area contributed by atoms with Crippen LogP contribution in [0.2, 0.25) is 0 Å². The van der Waals surface area contributed by atoms with E-state index < -0.39 is 12.1 Å². The molecule has 122 valence electrons. The molecule has 0 aliphatic heterocycles. The van der Waals surface area contributed by atoms with E-state index in [9.17, 15) is 9.59 Å². The van der Waals surface area contributed by atoms with E-state index in [2.05, 4.69) is 40.4 Å². The van der Waals surface area contributed by atoms with Crippen molar-refractivity contribution in [2.24, 2.45) is 0 Å². The molecule has 0 saturated heterocycles. The van der Waals surface area contributed by atoms with Crippen LogP contribution in [0, 0.1) is 6.92 Å². The molecule has 0 radical (unpaired) electrons. The molecule has 0 spiro atoms. The number of quaternary nitrogens is 1. The van der Waals surface area contributed by atoms with Gasteiger partial charge in [-0.05, 0) is 25.3 Å². The number of nitrogens with two attached hydrogens (primary N) is 1. The van der Waals surface area contributed by atoms with Crippen LogP contribution in [0.5, 0.6) is 0 Å². The number of carbonyl (C=O) groups is 2. The van der Waals surface area contributed by atoms with Crippen LogP contribution in [0.3, 0.4) is 0 Å². The Morgan fingerprint density at radius 1 is 1.22 bits per heavy atom. The highest BCUT2D eigenvalue weighted by Gasteiger charge is 2.26. The number of benzene rings is 1. The Hall–Kier alpha value is -2.18. The summed E-state index contributed by atoms with van der Waals surface area (Å²) in [6, 6.07) is 11.9. The molecule has 6 heteroatoms. The van der Waals surface area contributed by atoms with Crippen molar-refractivity contribution in [3.8, 4) is 0 Å². The van der Waals surface area contributed by atoms with E-state index in [1.54, 1.807) is 18.3 Å². The lowest BCUT2D eigenvalue weighted by molar-refractivity contribution is -0.704. The summed E-state index contributed by atoms with van der Waals surface area (Å²) < 4.78 is 4.46. The number of alkyl carbamates (subject to hydrolysis) is 1. The van der Waals surface area contributed by atoms with Crippen molar-refractivity contribution in [1.29, 1.82) is 0 Å². The monoisotopic (exact) mass is 333 g/mol. The van der Waals surface area contributed by atoms with E-state index in [4.69, 9.17) is 0 Å². The molecule has 0 unspecified atom stereocenters. The van der Waals surface area contributed by atoms with Crippen LogP contribution in [-0.2, 0) is 9.53 Å². The van der Waals surface area contributed by atoms with Gasteiger partial charge in [0.15, 0.2) is 6.04 Å². The Morgan fingerprint density at radius 3 is 2.48 bits per heavy atom. The van der Waals surface area contributed by atoms with E-state index in [0.29, 0.717) is 0 Å². The molecule has 0 saturated carbocycles. The zero-order valence-electron chi connectivity index (χ0n) is 13.4. The van der Waals surface area contributed by atoms with Crippen molar-refractivity contribution in [2.45, 2.75) is 25.9 Å². The largest absolute Gasteiger partial charge is 0.453 e. The zero-order valence-corrected chi connectivity index (χ0v) is 14.2. The van der Waals surface area contributed by atoms with Crippen LogP contribution >= 0.6 is 11.3 Å². The summed E-state index contributed by atoms with van der Waals surface area (Å²) in [5.41, 5.74) is 2.31. The van der Waals surface area contributed by atoms with Crippen molar-refractivity contribution in [3.05, 3.63) is 57.8 Å². The predicted molar refractivity (Wildman–Crippen MR) is 89.3 cm³/mol. The summed E-state index contributed by atoms with van der Waals surface area (Å²) in [6.07, 6.45) is -0.738. The SMILES string of the molecule is COC(=O)NC(=O)[C@H](C)[NH2+][C@H](c1ccc(C)cc1)c1cccs1. The number of carbonyl (C=O) groups excluding carboxylic acids is 2. The van der Waals surface area contributed by atoms with Gasteiger partial charge < -0.3 is 10.1 Å². The lowest BCUT2D eigenvalue weighted by Gasteiger charge is -2.19. The van der Waals surface area contributed by atoms with Gasteiger partial charge in [-0.25, -0.2) is 4.79 Å². The quantitative estimate of drug-likeness (QED) is 0.879. The number of nitrogens with one attached hydrogen (secondary N) is 1. The Bertz CT molecular complexity index is 653. The molecule has 1 heterocycles. The molecular formula is C17H21N2O3S+. The first-order valence-electron chi connectivity index (χ1n) is 7.35. The summed E-state index contributed by atoms with van der Waals surface area (Å²) in [6.45, 7) is 3.81. The van der Waals surface area contributed by atoms with Crippen LogP contribution in [0.4, 0.5) is 4.79 Å². The molecule has 0 aliphatic carbocycles. The topological polar surface area (TPSA) is 72.0 Å². The third kappa shape index (κ3) is 4.64. The van der Waals surface area contributed by atoms with Crippen LogP contribution in [0.15, 0.2) is 41.8 Å². The van der Waals surface area contributed by atoms with Gasteiger partial charge in [-0.1, -0.05) is 35.9 Å². The fourth-order valence-electron chi connectivity index (χ4n) is 2.25. The Labute approximate surface area is 139 Å². The minimum atomic E-state index is -0.738. The number of amides is 2. The predicted octanol–water partition coefficient (Wildman–Crippen LogP) is 1.98. The van der Waals surface area contributed by atoms with E-state index >= 15 is 0 Å². The summed E-state index contributed by atoms with van der Waals surface area (Å²) in [7, 11) is 1.23. The zero-order chi connectivity index (χ0) is 16.8. The number of methoxy groups -OCH3 is 1. The van der Waals surface area contributed by atoms with Crippen molar-refractivity contribution >= 4 is 23.3 Å². The molecule has 0 fully saturated rings. The average Bonchev–Trinajstić information content (AvgIpc) is 3.07. The van der Waals surface area contributed by atoms with E-state index in [0.717, 1.165) is 10.4 Å². The first-order valence-corrected chi connectivity index (χ1v) is 8.23. The van der Waals surface area contributed by atoms with Gasteiger partial charge in [0.1, 0.15) is 6.04 Å². The molecular weight excluding hydrogens is 312 g/mol. The number of imide groups is 1. The molecule has 2 rings (SSSR count). The van der Waals surface area contributed by atoms with Crippen molar-refractivity contribution in [2.75, 3.05) is 7.11 Å². The van der Waals surface area contributed by atoms with Gasteiger partial charge in [0.25, 0.3) is 5.91 Å². The molecule has 0 aliphatic rings. The molecule has 1 aromatic carbocycles. The Morgan fingerprint density at radius 2 is 1.91 bits per heavy atom. The summed E-state index contributed by atoms with van der Waals surface area (Å²) >= 11 is 1.65. The van der Waals surface area contributed by atoms with Gasteiger partial charge >= 0.3 is 6.09 Å². The Balaban J connectivity index is 2.17. The normalized spacial score (nSPS) is 13.2. The highest BCUT2D eigenvalue weighted by Crippen LogP contribution is 2.23. The third-order valence-electron chi connectivity index (χ3n) is 3.59. The highest BCUT2D eigenvalue weighted by molar-refractivity contribution is 7.10. The molecule has 2 atom stereocenters. The van der Waals surface area contributed by atoms with Crippen LogP contribution < -0.4 is 10.6 Å². The number of ether oxygens (including phenoxy) is 1. The molecule has 2 amide bonds. The van der Waals surface area contributed by atoms with Gasteiger partial charge in [0.05, 0.1) is 12.0 Å². The first kappa shape index (κ1) is 17.2. The van der Waals surface area contributed by atoms with Gasteiger partial charge in [-0.15, -0.1) is 11.3 Å². The minimum absolute atomic E-state index is 0.00833. The van der Waals surface area contributed by atoms with E-state index in [-0.39, 0.29) is 11.9 Å². The second-order valence-electron chi connectivity index (χ2n) is 5.37. The van der Waals surface area contributed by atoms with Crippen molar-refractivity contribution < 1.29 is 19.6 Å². The maximum Gasteiger partial charge on any atom is 0.413 e. The van der Waals surface area contributed by atoms with Crippen molar-refractivity contribution in [3.63, 3.8) is 0 Å². The smallest absolute Gasteiger partial charge is 0.413 e. The van der Waals surface area contributed by atoms with Crippen LogP contribution in [0.25, 0.3) is 0 Å². The third-order valence-corrected chi connectivity index (χ3v) is 4.55. The summed E-state index contributed by atoms with van der Waals surface area (Å²) in [5.74, 6) is -0.370. The van der Waals surface area contributed by atoms with Gasteiger partial charge in [0.2, 0.25) is 0 Å². The lowest BCUT2D eigenvalue weighted by Crippen LogP contribution is -2.92. The molecule has 5 nitrogen and oxygen atoms in total. The highest BCUT2D eigenvalue weighted by atomic mass is 32.1. The number of aryl methyl sites for hydroxylation is 1. The second-order valence-corrected chi connectivity index (χ2v) is 6.35. The molecule has 1 aromatic heterocycles. The number of rotatable bonds is 5. The standard InChI is InChI=1S/C17H20N2O3S/c1-11-6-8-13(9-7-11)15(14-5-4-10-23-14)18-12(2)16(20)19-17(21)22-3/h4-10,12,15,18H,1-3H3,(H,19,20,21)/p+1/t12-,15+/m0/s1. The summed E-state index contributed by atoms with van der Waals surface area (Å²) in [5, 5.41) is 6.18. The summed E-state index contributed by atoms with van der Waals surface area (Å²) in [4.78, 5) is 24.4. The number of thiophene rings is 1. The molecule has 23 heavy (non-hydrogen) atoms. The maximum atomic E-state index is 12.1. The van der Waals surface area contributed by atoms with Gasteiger partial charge in [0, 0.05) is 5.56 Å². The Kier molecular flexibility index (Phi) is 5.90. The maximum absolute atomic E-state index is 12.1.